The van der Waals surface area contributed by atoms with E-state index in [2.05, 4.69) is 19.2 Å². The second kappa shape index (κ2) is 3.86. The van der Waals surface area contributed by atoms with Crippen molar-refractivity contribution in [2.75, 3.05) is 5.32 Å². The van der Waals surface area contributed by atoms with Crippen molar-refractivity contribution >= 4 is 23.2 Å². The van der Waals surface area contributed by atoms with E-state index in [9.17, 15) is 4.79 Å². The van der Waals surface area contributed by atoms with Gasteiger partial charge in [0.05, 0.1) is 10.7 Å². The van der Waals surface area contributed by atoms with E-state index < -0.39 is 0 Å². The highest BCUT2D eigenvalue weighted by Gasteiger charge is 2.28. The fourth-order valence-electron chi connectivity index (χ4n) is 2.08. The van der Waals surface area contributed by atoms with Gasteiger partial charge in [-0.05, 0) is 23.5 Å². The van der Waals surface area contributed by atoms with E-state index in [1.807, 2.05) is 18.2 Å². The molecule has 2 rings (SSSR count). The number of carbonyl (C=O) groups is 1. The van der Waals surface area contributed by atoms with Crippen molar-refractivity contribution in [2.45, 2.75) is 26.2 Å². The number of amides is 1. The van der Waals surface area contributed by atoms with Gasteiger partial charge in [0.2, 0.25) is 5.91 Å². The van der Waals surface area contributed by atoms with E-state index in [0.29, 0.717) is 17.4 Å². The van der Waals surface area contributed by atoms with Crippen molar-refractivity contribution in [2.24, 2.45) is 5.92 Å². The third-order valence-electron chi connectivity index (χ3n) is 2.92. The van der Waals surface area contributed by atoms with E-state index in [1.165, 1.54) is 0 Å². The van der Waals surface area contributed by atoms with Gasteiger partial charge in [0.15, 0.2) is 0 Å². The van der Waals surface area contributed by atoms with Crippen LogP contribution in [-0.2, 0) is 4.79 Å². The third kappa shape index (κ3) is 1.86. The third-order valence-corrected chi connectivity index (χ3v) is 3.23. The minimum absolute atomic E-state index is 0.0642. The molecule has 0 aliphatic carbocycles. The monoisotopic (exact) mass is 223 g/mol. The average molecular weight is 224 g/mol. The molecular formula is C12H14ClNO. The van der Waals surface area contributed by atoms with Gasteiger partial charge in [0, 0.05) is 6.42 Å². The van der Waals surface area contributed by atoms with Gasteiger partial charge in [-0.2, -0.15) is 0 Å². The summed E-state index contributed by atoms with van der Waals surface area (Å²) >= 11 is 6.06. The molecule has 1 aliphatic heterocycles. The molecule has 3 heteroatoms. The Hall–Kier alpha value is -1.02. The zero-order valence-corrected chi connectivity index (χ0v) is 9.64. The molecule has 1 aliphatic rings. The summed E-state index contributed by atoms with van der Waals surface area (Å²) in [7, 11) is 0. The van der Waals surface area contributed by atoms with Crippen LogP contribution in [0.25, 0.3) is 0 Å². The zero-order chi connectivity index (χ0) is 11.0. The maximum atomic E-state index is 11.5. The standard InChI is InChI=1S/C12H14ClNO/c1-7(2)9-6-11(15)14-12-8(9)4-3-5-10(12)13/h3-5,7,9H,6H2,1-2H3,(H,14,15). The van der Waals surface area contributed by atoms with Crippen LogP contribution in [0.3, 0.4) is 0 Å². The van der Waals surface area contributed by atoms with Gasteiger partial charge >= 0.3 is 0 Å². The van der Waals surface area contributed by atoms with Crippen LogP contribution >= 0.6 is 11.6 Å². The number of hydrogen-bond acceptors (Lipinski definition) is 1. The molecule has 0 radical (unpaired) electrons. The van der Waals surface area contributed by atoms with E-state index in [0.717, 1.165) is 11.3 Å². The van der Waals surface area contributed by atoms with E-state index >= 15 is 0 Å². The molecular weight excluding hydrogens is 210 g/mol. The lowest BCUT2D eigenvalue weighted by Crippen LogP contribution is -2.25. The van der Waals surface area contributed by atoms with Crippen LogP contribution in [0.4, 0.5) is 5.69 Å². The highest BCUT2D eigenvalue weighted by atomic mass is 35.5. The molecule has 1 amide bonds. The molecule has 1 aromatic rings. The van der Waals surface area contributed by atoms with Gasteiger partial charge in [0.1, 0.15) is 0 Å². The number of rotatable bonds is 1. The van der Waals surface area contributed by atoms with Gasteiger partial charge in [-0.1, -0.05) is 37.6 Å². The lowest BCUT2D eigenvalue weighted by atomic mass is 9.82. The number of halogens is 1. The van der Waals surface area contributed by atoms with Crippen molar-refractivity contribution in [1.29, 1.82) is 0 Å². The first-order chi connectivity index (χ1) is 7.09. The fourth-order valence-corrected chi connectivity index (χ4v) is 2.31. The lowest BCUT2D eigenvalue weighted by Gasteiger charge is -2.28. The number of carbonyl (C=O) groups excluding carboxylic acids is 1. The van der Waals surface area contributed by atoms with Crippen molar-refractivity contribution in [1.82, 2.24) is 0 Å². The number of para-hydroxylation sites is 1. The molecule has 80 valence electrons. The first-order valence-electron chi connectivity index (χ1n) is 5.18. The van der Waals surface area contributed by atoms with Gasteiger partial charge in [-0.25, -0.2) is 0 Å². The van der Waals surface area contributed by atoms with Crippen LogP contribution in [0.15, 0.2) is 18.2 Å². The molecule has 0 aromatic heterocycles. The lowest BCUT2D eigenvalue weighted by molar-refractivity contribution is -0.117. The van der Waals surface area contributed by atoms with Gasteiger partial charge in [-0.15, -0.1) is 0 Å². The maximum Gasteiger partial charge on any atom is 0.225 e. The van der Waals surface area contributed by atoms with Crippen molar-refractivity contribution < 1.29 is 4.79 Å². The number of nitrogens with one attached hydrogen (secondary N) is 1. The molecule has 1 N–H and O–H groups in total. The van der Waals surface area contributed by atoms with Crippen molar-refractivity contribution in [3.8, 4) is 0 Å². The minimum Gasteiger partial charge on any atom is -0.325 e. The molecule has 0 spiro atoms. The Kier molecular flexibility index (Phi) is 2.70. The van der Waals surface area contributed by atoms with Crippen LogP contribution in [0, 0.1) is 5.92 Å². The molecule has 0 saturated heterocycles. The summed E-state index contributed by atoms with van der Waals surface area (Å²) in [6.07, 6.45) is 0.561. The van der Waals surface area contributed by atoms with Gasteiger partial charge < -0.3 is 5.32 Å². The Labute approximate surface area is 94.6 Å². The Bertz CT molecular complexity index is 401. The molecule has 1 unspecified atom stereocenters. The van der Waals surface area contributed by atoms with Crippen LogP contribution < -0.4 is 5.32 Å². The van der Waals surface area contributed by atoms with Crippen LogP contribution in [0.1, 0.15) is 31.7 Å². The first-order valence-corrected chi connectivity index (χ1v) is 5.55. The smallest absolute Gasteiger partial charge is 0.225 e. The van der Waals surface area contributed by atoms with Crippen molar-refractivity contribution in [3.05, 3.63) is 28.8 Å². The van der Waals surface area contributed by atoms with Crippen LogP contribution in [0.5, 0.6) is 0 Å². The highest BCUT2D eigenvalue weighted by molar-refractivity contribution is 6.34. The predicted octanol–water partition coefficient (Wildman–Crippen LogP) is 3.42. The molecule has 1 atom stereocenters. The first kappa shape index (κ1) is 10.5. The molecule has 0 fully saturated rings. The second-order valence-electron chi connectivity index (χ2n) is 4.31. The van der Waals surface area contributed by atoms with E-state index in [1.54, 1.807) is 0 Å². The SMILES string of the molecule is CC(C)C1CC(=O)Nc2c(Cl)cccc21. The largest absolute Gasteiger partial charge is 0.325 e. The molecule has 1 heterocycles. The average Bonchev–Trinajstić information content (AvgIpc) is 2.18. The van der Waals surface area contributed by atoms with Crippen LogP contribution in [-0.4, -0.2) is 5.91 Å². The fraction of sp³-hybridized carbons (Fsp3) is 0.417. The van der Waals surface area contributed by atoms with E-state index in [-0.39, 0.29) is 11.8 Å². The number of benzene rings is 1. The summed E-state index contributed by atoms with van der Waals surface area (Å²) in [5, 5.41) is 3.47. The molecule has 15 heavy (non-hydrogen) atoms. The predicted molar refractivity (Wildman–Crippen MR) is 62.3 cm³/mol. The second-order valence-corrected chi connectivity index (χ2v) is 4.71. The topological polar surface area (TPSA) is 29.1 Å². The quantitative estimate of drug-likeness (QED) is 0.777. The molecule has 2 nitrogen and oxygen atoms in total. The summed E-state index contributed by atoms with van der Waals surface area (Å²) in [4.78, 5) is 11.5. The summed E-state index contributed by atoms with van der Waals surface area (Å²) < 4.78 is 0. The number of anilines is 1. The summed E-state index contributed by atoms with van der Waals surface area (Å²) in [6.45, 7) is 4.27. The Morgan fingerprint density at radius 3 is 2.87 bits per heavy atom. The Balaban J connectivity index is 2.51. The Morgan fingerprint density at radius 2 is 2.20 bits per heavy atom. The van der Waals surface area contributed by atoms with Crippen molar-refractivity contribution in [3.63, 3.8) is 0 Å². The molecule has 1 aromatic carbocycles. The molecule has 0 saturated carbocycles. The summed E-state index contributed by atoms with van der Waals surface area (Å²) in [5.74, 6) is 0.801. The van der Waals surface area contributed by atoms with Gasteiger partial charge in [0.25, 0.3) is 0 Å². The summed E-state index contributed by atoms with van der Waals surface area (Å²) in [6, 6.07) is 5.79. The molecule has 0 bridgehead atoms. The number of fused-ring (bicyclic) bond motifs is 1. The van der Waals surface area contributed by atoms with Gasteiger partial charge in [-0.3, -0.25) is 4.79 Å². The highest BCUT2D eigenvalue weighted by Crippen LogP contribution is 2.40. The zero-order valence-electron chi connectivity index (χ0n) is 8.88. The number of hydrogen-bond donors (Lipinski definition) is 1. The normalized spacial score (nSPS) is 20.0. The Morgan fingerprint density at radius 1 is 1.47 bits per heavy atom. The maximum absolute atomic E-state index is 11.5. The minimum atomic E-state index is 0.0642. The summed E-state index contributed by atoms with van der Waals surface area (Å²) in [5.41, 5.74) is 1.96. The van der Waals surface area contributed by atoms with E-state index in [4.69, 9.17) is 11.6 Å². The van der Waals surface area contributed by atoms with Crippen LogP contribution in [0.2, 0.25) is 5.02 Å².